The summed E-state index contributed by atoms with van der Waals surface area (Å²) in [5.74, 6) is -0.816. The minimum absolute atomic E-state index is 0.00754. The number of phenolic OH excluding ortho intramolecular Hbond substituents is 1. The number of amides is 1. The Labute approximate surface area is 136 Å². The summed E-state index contributed by atoms with van der Waals surface area (Å²) in [4.78, 5) is 24.3. The maximum Gasteiger partial charge on any atom is 0.340 e. The largest absolute Gasteiger partial charge is 0.508 e. The fourth-order valence-electron chi connectivity index (χ4n) is 2.49. The van der Waals surface area contributed by atoms with Gasteiger partial charge in [-0.1, -0.05) is 0 Å². The number of fused-ring (bicyclic) bond motifs is 1. The lowest BCUT2D eigenvalue weighted by Gasteiger charge is -2.09. The Morgan fingerprint density at radius 3 is 2.62 bits per heavy atom. The minimum atomic E-state index is -0.625. The normalized spacial score (nSPS) is 10.8. The molecular formula is C18H14FNO4. The zero-order valence-electron chi connectivity index (χ0n) is 12.8. The molecule has 122 valence electrons. The van der Waals surface area contributed by atoms with Crippen LogP contribution in [0.4, 0.5) is 10.1 Å². The van der Waals surface area contributed by atoms with Crippen molar-refractivity contribution >= 4 is 22.6 Å². The molecule has 0 fully saturated rings. The van der Waals surface area contributed by atoms with Crippen LogP contribution in [0.1, 0.15) is 11.1 Å². The van der Waals surface area contributed by atoms with E-state index in [-0.39, 0.29) is 23.3 Å². The number of phenols is 1. The van der Waals surface area contributed by atoms with Gasteiger partial charge in [-0.05, 0) is 48.9 Å². The van der Waals surface area contributed by atoms with Crippen molar-refractivity contribution in [2.24, 2.45) is 0 Å². The molecule has 0 radical (unpaired) electrons. The lowest BCUT2D eigenvalue weighted by Crippen LogP contribution is -2.20. The van der Waals surface area contributed by atoms with Crippen molar-refractivity contribution in [3.8, 4) is 5.75 Å². The predicted octanol–water partition coefficient (Wildman–Crippen LogP) is 3.13. The van der Waals surface area contributed by atoms with Crippen LogP contribution >= 0.6 is 0 Å². The van der Waals surface area contributed by atoms with E-state index in [1.807, 2.05) is 0 Å². The van der Waals surface area contributed by atoms with E-state index in [1.54, 1.807) is 13.0 Å². The summed E-state index contributed by atoms with van der Waals surface area (Å²) in [7, 11) is 0. The average molecular weight is 327 g/mol. The van der Waals surface area contributed by atoms with E-state index in [1.165, 1.54) is 36.4 Å². The van der Waals surface area contributed by atoms with Crippen molar-refractivity contribution < 1.29 is 18.7 Å². The number of hydrogen-bond acceptors (Lipinski definition) is 4. The Balaban J connectivity index is 1.89. The summed E-state index contributed by atoms with van der Waals surface area (Å²) in [6, 6.07) is 9.81. The average Bonchev–Trinajstić information content (AvgIpc) is 2.53. The van der Waals surface area contributed by atoms with E-state index in [4.69, 9.17) is 4.42 Å². The van der Waals surface area contributed by atoms with Crippen LogP contribution in [0.15, 0.2) is 51.7 Å². The molecule has 0 bridgehead atoms. The van der Waals surface area contributed by atoms with Gasteiger partial charge in [0.05, 0.1) is 12.0 Å². The molecule has 0 saturated carbocycles. The summed E-state index contributed by atoms with van der Waals surface area (Å²) >= 11 is 0. The van der Waals surface area contributed by atoms with Crippen LogP contribution in [0.5, 0.6) is 5.75 Å². The monoisotopic (exact) mass is 327 g/mol. The summed E-state index contributed by atoms with van der Waals surface area (Å²) in [5.41, 5.74) is 0.942. The lowest BCUT2D eigenvalue weighted by atomic mass is 10.0. The topological polar surface area (TPSA) is 79.5 Å². The van der Waals surface area contributed by atoms with Gasteiger partial charge in [0.15, 0.2) is 0 Å². The number of carbonyl (C=O) groups is 1. The van der Waals surface area contributed by atoms with E-state index in [2.05, 4.69) is 5.32 Å². The van der Waals surface area contributed by atoms with Gasteiger partial charge < -0.3 is 14.8 Å². The van der Waals surface area contributed by atoms with Crippen LogP contribution in [0.3, 0.4) is 0 Å². The third kappa shape index (κ3) is 3.12. The highest BCUT2D eigenvalue weighted by Gasteiger charge is 2.15. The van der Waals surface area contributed by atoms with Crippen LogP contribution in [0.25, 0.3) is 11.0 Å². The number of benzene rings is 2. The molecule has 1 amide bonds. The number of rotatable bonds is 3. The first-order valence-electron chi connectivity index (χ1n) is 7.25. The first-order chi connectivity index (χ1) is 11.4. The maximum atomic E-state index is 12.9. The Morgan fingerprint density at radius 1 is 1.21 bits per heavy atom. The fourth-order valence-corrected chi connectivity index (χ4v) is 2.49. The van der Waals surface area contributed by atoms with Crippen molar-refractivity contribution in [2.45, 2.75) is 13.3 Å². The summed E-state index contributed by atoms with van der Waals surface area (Å²) in [6.45, 7) is 1.72. The van der Waals surface area contributed by atoms with Crippen LogP contribution in [-0.4, -0.2) is 11.0 Å². The van der Waals surface area contributed by atoms with Crippen molar-refractivity contribution in [3.05, 3.63) is 69.8 Å². The minimum Gasteiger partial charge on any atom is -0.508 e. The Bertz CT molecular complexity index is 977. The van der Waals surface area contributed by atoms with Crippen molar-refractivity contribution in [2.75, 3.05) is 5.32 Å². The van der Waals surface area contributed by atoms with Gasteiger partial charge in [-0.2, -0.15) is 0 Å². The van der Waals surface area contributed by atoms with Crippen molar-refractivity contribution in [3.63, 3.8) is 0 Å². The number of aryl methyl sites for hydroxylation is 1. The number of halogens is 1. The molecular weight excluding hydrogens is 313 g/mol. The molecule has 0 atom stereocenters. The second kappa shape index (κ2) is 6.16. The first-order valence-corrected chi connectivity index (χ1v) is 7.25. The van der Waals surface area contributed by atoms with E-state index < -0.39 is 17.3 Å². The molecule has 1 heterocycles. The number of carbonyl (C=O) groups excluding carboxylic acids is 1. The summed E-state index contributed by atoms with van der Waals surface area (Å²) in [6.07, 6.45) is -0.164. The zero-order valence-corrected chi connectivity index (χ0v) is 12.8. The summed E-state index contributed by atoms with van der Waals surface area (Å²) in [5, 5.41) is 12.7. The molecule has 0 spiro atoms. The Kier molecular flexibility index (Phi) is 4.04. The molecule has 0 saturated heterocycles. The number of nitrogens with one attached hydrogen (secondary N) is 1. The molecule has 3 aromatic rings. The summed E-state index contributed by atoms with van der Waals surface area (Å²) < 4.78 is 18.0. The quantitative estimate of drug-likeness (QED) is 0.724. The van der Waals surface area contributed by atoms with Gasteiger partial charge in [-0.15, -0.1) is 0 Å². The van der Waals surface area contributed by atoms with Crippen molar-refractivity contribution in [1.29, 1.82) is 0 Å². The highest BCUT2D eigenvalue weighted by atomic mass is 19.1. The number of aromatic hydroxyl groups is 1. The number of hydrogen-bond donors (Lipinski definition) is 2. The standard InChI is InChI=1S/C18H14FNO4/c1-10-14-7-6-13(21)8-16(14)24-18(23)15(10)9-17(22)20-12-4-2-11(19)3-5-12/h2-8,21H,9H2,1H3,(H,20,22). The zero-order chi connectivity index (χ0) is 17.3. The Hall–Kier alpha value is -3.15. The Morgan fingerprint density at radius 2 is 1.92 bits per heavy atom. The molecule has 3 rings (SSSR count). The molecule has 5 nitrogen and oxygen atoms in total. The fraction of sp³-hybridized carbons (Fsp3) is 0.111. The molecule has 1 aromatic heterocycles. The molecule has 2 aromatic carbocycles. The highest BCUT2D eigenvalue weighted by molar-refractivity contribution is 5.93. The third-order valence-corrected chi connectivity index (χ3v) is 3.74. The first kappa shape index (κ1) is 15.7. The van der Waals surface area contributed by atoms with E-state index in [0.29, 0.717) is 16.6 Å². The van der Waals surface area contributed by atoms with E-state index in [0.717, 1.165) is 0 Å². The molecule has 0 unspecified atom stereocenters. The molecule has 0 aliphatic carbocycles. The van der Waals surface area contributed by atoms with Gasteiger partial charge in [-0.25, -0.2) is 9.18 Å². The SMILES string of the molecule is Cc1c(CC(=O)Nc2ccc(F)cc2)c(=O)oc2cc(O)ccc12. The van der Waals surface area contributed by atoms with Crippen LogP contribution in [0, 0.1) is 12.7 Å². The van der Waals surface area contributed by atoms with Gasteiger partial charge >= 0.3 is 5.63 Å². The van der Waals surface area contributed by atoms with E-state index in [9.17, 15) is 19.1 Å². The predicted molar refractivity (Wildman–Crippen MR) is 87.6 cm³/mol. The van der Waals surface area contributed by atoms with Gasteiger partial charge in [0.25, 0.3) is 0 Å². The number of anilines is 1. The van der Waals surface area contributed by atoms with Gasteiger partial charge in [0.1, 0.15) is 17.1 Å². The van der Waals surface area contributed by atoms with Crippen molar-refractivity contribution in [1.82, 2.24) is 0 Å². The van der Waals surface area contributed by atoms with Crippen LogP contribution in [-0.2, 0) is 11.2 Å². The highest BCUT2D eigenvalue weighted by Crippen LogP contribution is 2.23. The maximum absolute atomic E-state index is 12.9. The molecule has 24 heavy (non-hydrogen) atoms. The van der Waals surface area contributed by atoms with Crippen LogP contribution < -0.4 is 10.9 Å². The molecule has 6 heteroatoms. The molecule has 2 N–H and O–H groups in total. The second-order valence-corrected chi connectivity index (χ2v) is 5.41. The van der Waals surface area contributed by atoms with E-state index >= 15 is 0 Å². The third-order valence-electron chi connectivity index (χ3n) is 3.74. The van der Waals surface area contributed by atoms with Gasteiger partial charge in [0, 0.05) is 17.1 Å². The van der Waals surface area contributed by atoms with Gasteiger partial charge in [-0.3, -0.25) is 4.79 Å². The second-order valence-electron chi connectivity index (χ2n) is 5.41. The van der Waals surface area contributed by atoms with Gasteiger partial charge in [0.2, 0.25) is 5.91 Å². The lowest BCUT2D eigenvalue weighted by molar-refractivity contribution is -0.115. The smallest absolute Gasteiger partial charge is 0.340 e. The molecule has 0 aliphatic heterocycles. The van der Waals surface area contributed by atoms with Crippen LogP contribution in [0.2, 0.25) is 0 Å². The molecule has 0 aliphatic rings.